The van der Waals surface area contributed by atoms with Crippen LogP contribution >= 0.6 is 23.4 Å². The van der Waals surface area contributed by atoms with Gasteiger partial charge >= 0.3 is 0 Å². The van der Waals surface area contributed by atoms with E-state index in [2.05, 4.69) is 0 Å². The van der Waals surface area contributed by atoms with E-state index in [1.807, 2.05) is 6.07 Å². The molecule has 0 aromatic heterocycles. The first-order chi connectivity index (χ1) is 7.38. The maximum atomic E-state index is 10.9. The molecule has 1 rings (SSSR count). The van der Waals surface area contributed by atoms with Crippen molar-refractivity contribution in [3.63, 3.8) is 0 Å². The summed E-state index contributed by atoms with van der Waals surface area (Å²) in [5, 5.41) is 0.646. The number of rotatable bonds is 5. The fraction of sp³-hybridized carbons (Fsp3) is 0.400. The standard InChI is InChI=1S/C10H14ClNO2S2/c1-16(13,14)5-4-15-7-8-6-9(11)2-3-10(8)12/h2-3,6H,4-5,7,12H2,1H3. The topological polar surface area (TPSA) is 60.2 Å². The molecule has 2 N–H and O–H groups in total. The molecule has 0 amide bonds. The molecule has 0 unspecified atom stereocenters. The highest BCUT2D eigenvalue weighted by molar-refractivity contribution is 7.99. The molecule has 0 saturated heterocycles. The van der Waals surface area contributed by atoms with Gasteiger partial charge in [-0.05, 0) is 23.8 Å². The summed E-state index contributed by atoms with van der Waals surface area (Å²) in [5.41, 5.74) is 7.41. The molecule has 0 heterocycles. The highest BCUT2D eigenvalue weighted by Crippen LogP contribution is 2.22. The van der Waals surface area contributed by atoms with Crippen LogP contribution < -0.4 is 5.73 Å². The summed E-state index contributed by atoms with van der Waals surface area (Å²) in [6.07, 6.45) is 1.24. The highest BCUT2D eigenvalue weighted by atomic mass is 35.5. The van der Waals surface area contributed by atoms with Gasteiger partial charge in [0.15, 0.2) is 0 Å². The first kappa shape index (κ1) is 13.7. The van der Waals surface area contributed by atoms with E-state index < -0.39 is 9.84 Å². The van der Waals surface area contributed by atoms with Gasteiger partial charge in [0.1, 0.15) is 9.84 Å². The third-order valence-electron chi connectivity index (χ3n) is 1.96. The van der Waals surface area contributed by atoms with Crippen LogP contribution in [0.4, 0.5) is 5.69 Å². The molecule has 0 atom stereocenters. The first-order valence-corrected chi connectivity index (χ1v) is 8.27. The van der Waals surface area contributed by atoms with E-state index in [-0.39, 0.29) is 5.75 Å². The van der Waals surface area contributed by atoms with Crippen LogP contribution in [-0.2, 0) is 15.6 Å². The zero-order chi connectivity index (χ0) is 12.2. The van der Waals surface area contributed by atoms with Gasteiger partial charge in [0.25, 0.3) is 0 Å². The average Bonchev–Trinajstić information content (AvgIpc) is 2.16. The van der Waals surface area contributed by atoms with Gasteiger partial charge in [-0.1, -0.05) is 11.6 Å². The minimum atomic E-state index is -2.87. The quantitative estimate of drug-likeness (QED) is 0.663. The molecule has 0 aliphatic rings. The molecule has 1 aromatic carbocycles. The van der Waals surface area contributed by atoms with E-state index in [1.54, 1.807) is 12.1 Å². The maximum Gasteiger partial charge on any atom is 0.148 e. The Balaban J connectivity index is 2.46. The Morgan fingerprint density at radius 1 is 1.44 bits per heavy atom. The molecule has 0 saturated carbocycles. The van der Waals surface area contributed by atoms with Crippen LogP contribution in [0.3, 0.4) is 0 Å². The molecule has 0 aliphatic heterocycles. The third kappa shape index (κ3) is 5.09. The third-order valence-corrected chi connectivity index (χ3v) is 4.41. The zero-order valence-corrected chi connectivity index (χ0v) is 11.3. The summed E-state index contributed by atoms with van der Waals surface area (Å²) in [4.78, 5) is 0. The smallest absolute Gasteiger partial charge is 0.148 e. The predicted molar refractivity (Wildman–Crippen MR) is 71.7 cm³/mol. The van der Waals surface area contributed by atoms with Gasteiger partial charge in [0.2, 0.25) is 0 Å². The number of anilines is 1. The molecule has 90 valence electrons. The van der Waals surface area contributed by atoms with Crippen LogP contribution in [0.2, 0.25) is 5.02 Å². The molecule has 16 heavy (non-hydrogen) atoms. The number of nitrogen functional groups attached to an aromatic ring is 1. The molecule has 1 aromatic rings. The normalized spacial score (nSPS) is 11.6. The molecular formula is C10H14ClNO2S2. The summed E-state index contributed by atoms with van der Waals surface area (Å²) >= 11 is 7.38. The second kappa shape index (κ2) is 5.80. The molecule has 0 aliphatic carbocycles. The van der Waals surface area contributed by atoms with Crippen LogP contribution in [0.5, 0.6) is 0 Å². The summed E-state index contributed by atoms with van der Waals surface area (Å²) in [6, 6.07) is 5.31. The Hall–Kier alpha value is -0.390. The van der Waals surface area contributed by atoms with Crippen molar-refractivity contribution in [3.8, 4) is 0 Å². The number of benzene rings is 1. The number of nitrogens with two attached hydrogens (primary N) is 1. The van der Waals surface area contributed by atoms with E-state index in [0.717, 1.165) is 5.56 Å². The first-order valence-electron chi connectivity index (χ1n) is 4.68. The summed E-state index contributed by atoms with van der Waals surface area (Å²) < 4.78 is 21.8. The average molecular weight is 280 g/mol. The minimum absolute atomic E-state index is 0.193. The molecule has 0 radical (unpaired) electrons. The predicted octanol–water partition coefficient (Wildman–Crippen LogP) is 2.20. The van der Waals surface area contributed by atoms with Crippen molar-refractivity contribution in [2.45, 2.75) is 5.75 Å². The molecule has 6 heteroatoms. The Kier molecular flexibility index (Phi) is 4.95. The summed E-state index contributed by atoms with van der Waals surface area (Å²) in [6.45, 7) is 0. The van der Waals surface area contributed by atoms with Crippen molar-refractivity contribution in [2.24, 2.45) is 0 Å². The number of hydrogen-bond acceptors (Lipinski definition) is 4. The Bertz CT molecular complexity index is 460. The van der Waals surface area contributed by atoms with Crippen LogP contribution in [0.1, 0.15) is 5.56 Å². The molecule has 0 bridgehead atoms. The van der Waals surface area contributed by atoms with Gasteiger partial charge in [0.05, 0.1) is 5.75 Å². The maximum absolute atomic E-state index is 10.9. The van der Waals surface area contributed by atoms with Crippen molar-refractivity contribution < 1.29 is 8.42 Å². The monoisotopic (exact) mass is 279 g/mol. The molecule has 0 spiro atoms. The van der Waals surface area contributed by atoms with E-state index in [1.165, 1.54) is 18.0 Å². The van der Waals surface area contributed by atoms with Crippen LogP contribution in [0.25, 0.3) is 0 Å². The fourth-order valence-electron chi connectivity index (χ4n) is 1.09. The Labute approximate surface area is 105 Å². The summed E-state index contributed by atoms with van der Waals surface area (Å²) in [7, 11) is -2.87. The van der Waals surface area contributed by atoms with Crippen LogP contribution in [-0.4, -0.2) is 26.2 Å². The van der Waals surface area contributed by atoms with Gasteiger partial charge in [-0.15, -0.1) is 0 Å². The van der Waals surface area contributed by atoms with E-state index in [9.17, 15) is 8.42 Å². The van der Waals surface area contributed by atoms with Gasteiger partial charge in [-0.25, -0.2) is 8.42 Å². The lowest BCUT2D eigenvalue weighted by Gasteiger charge is -2.05. The minimum Gasteiger partial charge on any atom is -0.398 e. The lowest BCUT2D eigenvalue weighted by Crippen LogP contribution is -2.05. The SMILES string of the molecule is CS(=O)(=O)CCSCc1cc(Cl)ccc1N. The second-order valence-electron chi connectivity index (χ2n) is 3.53. The number of hydrogen-bond donors (Lipinski definition) is 1. The van der Waals surface area contributed by atoms with E-state index >= 15 is 0 Å². The van der Waals surface area contributed by atoms with Gasteiger partial charge in [-0.3, -0.25) is 0 Å². The van der Waals surface area contributed by atoms with Crippen molar-refractivity contribution >= 4 is 38.9 Å². The Morgan fingerprint density at radius 3 is 2.75 bits per heavy atom. The van der Waals surface area contributed by atoms with Gasteiger partial charge in [0, 0.05) is 28.5 Å². The van der Waals surface area contributed by atoms with Gasteiger partial charge < -0.3 is 5.73 Å². The van der Waals surface area contributed by atoms with E-state index in [4.69, 9.17) is 17.3 Å². The molecular weight excluding hydrogens is 266 g/mol. The fourth-order valence-corrected chi connectivity index (χ4v) is 3.58. The van der Waals surface area contributed by atoms with Crippen molar-refractivity contribution in [3.05, 3.63) is 28.8 Å². The van der Waals surface area contributed by atoms with Crippen molar-refractivity contribution in [2.75, 3.05) is 23.5 Å². The van der Waals surface area contributed by atoms with Crippen LogP contribution in [0, 0.1) is 0 Å². The second-order valence-corrected chi connectivity index (χ2v) is 7.33. The zero-order valence-electron chi connectivity index (χ0n) is 8.94. The van der Waals surface area contributed by atoms with Crippen molar-refractivity contribution in [1.82, 2.24) is 0 Å². The number of thioether (sulfide) groups is 1. The molecule has 3 nitrogen and oxygen atoms in total. The lowest BCUT2D eigenvalue weighted by molar-refractivity contribution is 0.603. The number of sulfone groups is 1. The number of halogens is 1. The Morgan fingerprint density at radius 2 is 2.12 bits per heavy atom. The van der Waals surface area contributed by atoms with Gasteiger partial charge in [-0.2, -0.15) is 11.8 Å². The summed E-state index contributed by atoms with van der Waals surface area (Å²) in [5.74, 6) is 1.45. The van der Waals surface area contributed by atoms with E-state index in [0.29, 0.717) is 22.2 Å². The van der Waals surface area contributed by atoms with Crippen molar-refractivity contribution in [1.29, 1.82) is 0 Å². The highest BCUT2D eigenvalue weighted by Gasteiger charge is 2.04. The van der Waals surface area contributed by atoms with Crippen LogP contribution in [0.15, 0.2) is 18.2 Å². The largest absolute Gasteiger partial charge is 0.398 e. The lowest BCUT2D eigenvalue weighted by atomic mass is 10.2. The molecule has 0 fully saturated rings.